The fourth-order valence-electron chi connectivity index (χ4n) is 3.13. The molecule has 0 aliphatic carbocycles. The number of epoxide rings is 1. The number of aliphatic hydroxyl groups excluding tert-OH is 2. The summed E-state index contributed by atoms with van der Waals surface area (Å²) in [7, 11) is 0. The molecule has 3 N–H and O–H groups in total. The molecule has 11 heteroatoms. The highest BCUT2D eigenvalue weighted by atomic mass is 35.5. The Morgan fingerprint density at radius 2 is 1.23 bits per heavy atom. The largest absolute Gasteiger partial charge is 0.387 e. The molecule has 3 aromatic rings. The summed E-state index contributed by atoms with van der Waals surface area (Å²) in [5, 5.41) is 21.9. The molecule has 1 aliphatic heterocycles. The van der Waals surface area contributed by atoms with E-state index in [1.54, 1.807) is 0 Å². The van der Waals surface area contributed by atoms with E-state index in [1.165, 1.54) is 24.3 Å². The zero-order valence-corrected chi connectivity index (χ0v) is 22.3. The van der Waals surface area contributed by atoms with Gasteiger partial charge < -0.3 is 20.3 Å². The monoisotopic (exact) mass is 577 g/mol. The van der Waals surface area contributed by atoms with E-state index in [0.717, 1.165) is 24.3 Å². The molecule has 0 radical (unpaired) electrons. The number of hydrogen-bond donors (Lipinski definition) is 3. The molecule has 0 bridgehead atoms. The molecule has 1 fully saturated rings. The predicted molar refractivity (Wildman–Crippen MR) is 136 cm³/mol. The van der Waals surface area contributed by atoms with Crippen molar-refractivity contribution >= 4 is 11.6 Å². The summed E-state index contributed by atoms with van der Waals surface area (Å²) >= 11 is 5.29. The summed E-state index contributed by atoms with van der Waals surface area (Å²) in [5.74, 6) is -3.98. The lowest BCUT2D eigenvalue weighted by molar-refractivity contribution is 0.159. The van der Waals surface area contributed by atoms with Gasteiger partial charge in [-0.15, -0.1) is 11.6 Å². The minimum Gasteiger partial charge on any atom is -0.387 e. The van der Waals surface area contributed by atoms with Crippen molar-refractivity contribution in [1.29, 1.82) is 0 Å². The summed E-state index contributed by atoms with van der Waals surface area (Å²) in [6.07, 6.45) is -2.19. The maximum atomic E-state index is 13.3. The first kappa shape index (κ1) is 32.6. The number of ether oxygens (including phenoxy) is 1. The molecule has 4 rings (SSSR count). The van der Waals surface area contributed by atoms with Gasteiger partial charge in [0, 0.05) is 47.0 Å². The lowest BCUT2D eigenvalue weighted by Gasteiger charge is -2.23. The Balaban J connectivity index is 0.000000209. The smallest absolute Gasteiger partial charge is 0.132 e. The van der Waals surface area contributed by atoms with Crippen LogP contribution in [0.1, 0.15) is 55.8 Å². The molecule has 4 nitrogen and oxygen atoms in total. The molecule has 39 heavy (non-hydrogen) atoms. The standard InChI is InChI=1S/C12H17F2NO.C8H7ClF2O.C8H6F2O/c1-12(2,3)15-7-11(16)9-5-4-8(13)6-10(9)14;9-4-8(12)6-2-1-5(10)3-7(6)11;9-5-1-2-6(7(10)3-5)8-4-11-8/h4-6,11,15-16H,7H2,1-3H3;1-3,8,12H,4H2;1-3,8H,4H2/t11-;8-;/m11./s1. The molecule has 1 aliphatic rings. The zero-order valence-electron chi connectivity index (χ0n) is 21.5. The highest BCUT2D eigenvalue weighted by Gasteiger charge is 2.27. The van der Waals surface area contributed by atoms with Gasteiger partial charge >= 0.3 is 0 Å². The van der Waals surface area contributed by atoms with Crippen LogP contribution in [0.5, 0.6) is 0 Å². The molecule has 0 amide bonds. The molecule has 1 saturated heterocycles. The fourth-order valence-corrected chi connectivity index (χ4v) is 3.30. The number of alkyl halides is 1. The maximum absolute atomic E-state index is 13.3. The van der Waals surface area contributed by atoms with Crippen molar-refractivity contribution in [3.8, 4) is 0 Å². The van der Waals surface area contributed by atoms with Crippen molar-refractivity contribution in [3.05, 3.63) is 106 Å². The van der Waals surface area contributed by atoms with Gasteiger partial charge in [-0.25, -0.2) is 26.3 Å². The molecule has 3 atom stereocenters. The summed E-state index contributed by atoms with van der Waals surface area (Å²) in [6.45, 7) is 6.61. The van der Waals surface area contributed by atoms with Crippen LogP contribution in [0.3, 0.4) is 0 Å². The normalized spacial score (nSPS) is 15.8. The van der Waals surface area contributed by atoms with Gasteiger partial charge in [0.15, 0.2) is 0 Å². The van der Waals surface area contributed by atoms with Gasteiger partial charge in [0.05, 0.1) is 24.7 Å². The van der Waals surface area contributed by atoms with E-state index in [2.05, 4.69) is 5.32 Å². The van der Waals surface area contributed by atoms with Gasteiger partial charge in [0.25, 0.3) is 0 Å². The summed E-state index contributed by atoms with van der Waals surface area (Å²) in [5.41, 5.74) is 0.424. The average molecular weight is 578 g/mol. The lowest BCUT2D eigenvalue weighted by atomic mass is 10.1. The number of nitrogens with one attached hydrogen (secondary N) is 1. The minimum atomic E-state index is -1.08. The fraction of sp³-hybridized carbons (Fsp3) is 0.357. The van der Waals surface area contributed by atoms with Crippen LogP contribution >= 0.6 is 11.6 Å². The Labute approximate surface area is 228 Å². The van der Waals surface area contributed by atoms with Crippen LogP contribution in [0.25, 0.3) is 0 Å². The van der Waals surface area contributed by atoms with Gasteiger partial charge in [-0.3, -0.25) is 0 Å². The number of aliphatic hydroxyl groups is 2. The van der Waals surface area contributed by atoms with E-state index in [-0.39, 0.29) is 35.2 Å². The second-order valence-corrected chi connectivity index (χ2v) is 9.94. The molecule has 0 aromatic heterocycles. The highest BCUT2D eigenvalue weighted by Crippen LogP contribution is 2.31. The second kappa shape index (κ2) is 14.7. The zero-order chi connectivity index (χ0) is 29.3. The van der Waals surface area contributed by atoms with E-state index < -0.39 is 47.1 Å². The highest BCUT2D eigenvalue weighted by molar-refractivity contribution is 6.18. The average Bonchev–Trinajstić information content (AvgIpc) is 3.68. The minimum absolute atomic E-state index is 0.0198. The number of hydrogen-bond acceptors (Lipinski definition) is 4. The number of benzene rings is 3. The van der Waals surface area contributed by atoms with Crippen LogP contribution in [0.4, 0.5) is 26.3 Å². The van der Waals surface area contributed by atoms with Crippen molar-refractivity contribution in [1.82, 2.24) is 5.32 Å². The third-order valence-electron chi connectivity index (χ3n) is 5.26. The molecular weight excluding hydrogens is 548 g/mol. The number of β-amino-alcohol motifs (C(OH)–C–C–N with tert-alkyl or cyclic N) is 1. The van der Waals surface area contributed by atoms with Crippen molar-refractivity contribution in [3.63, 3.8) is 0 Å². The van der Waals surface area contributed by atoms with Gasteiger partial charge in [-0.2, -0.15) is 0 Å². The third kappa shape index (κ3) is 11.2. The number of rotatable bonds is 6. The van der Waals surface area contributed by atoms with Crippen molar-refractivity contribution in [2.24, 2.45) is 0 Å². The maximum Gasteiger partial charge on any atom is 0.132 e. The number of halogens is 7. The van der Waals surface area contributed by atoms with Crippen molar-refractivity contribution in [2.75, 3.05) is 19.0 Å². The molecule has 214 valence electrons. The predicted octanol–water partition coefficient (Wildman–Crippen LogP) is 6.66. The first-order valence-electron chi connectivity index (χ1n) is 11.9. The Morgan fingerprint density at radius 3 is 1.62 bits per heavy atom. The van der Waals surface area contributed by atoms with E-state index in [9.17, 15) is 31.4 Å². The van der Waals surface area contributed by atoms with Crippen LogP contribution in [0, 0.1) is 34.9 Å². The van der Waals surface area contributed by atoms with Gasteiger partial charge in [0.1, 0.15) is 41.0 Å². The van der Waals surface area contributed by atoms with Gasteiger partial charge in [0.2, 0.25) is 0 Å². The molecule has 0 spiro atoms. The van der Waals surface area contributed by atoms with Gasteiger partial charge in [-0.1, -0.05) is 18.2 Å². The van der Waals surface area contributed by atoms with Crippen LogP contribution in [0.15, 0.2) is 54.6 Å². The first-order chi connectivity index (χ1) is 18.2. The third-order valence-corrected chi connectivity index (χ3v) is 5.55. The Kier molecular flexibility index (Phi) is 12.3. The molecule has 3 aromatic carbocycles. The molecular formula is C28H30ClF6NO3. The second-order valence-electron chi connectivity index (χ2n) is 9.64. The first-order valence-corrected chi connectivity index (χ1v) is 12.4. The van der Waals surface area contributed by atoms with E-state index in [0.29, 0.717) is 18.2 Å². The molecule has 0 saturated carbocycles. The molecule has 1 heterocycles. The summed E-state index contributed by atoms with van der Waals surface area (Å²) in [6, 6.07) is 9.67. The Bertz CT molecular complexity index is 1220. The van der Waals surface area contributed by atoms with Crippen LogP contribution in [-0.4, -0.2) is 34.8 Å². The van der Waals surface area contributed by atoms with Crippen LogP contribution in [0.2, 0.25) is 0 Å². The summed E-state index contributed by atoms with van der Waals surface area (Å²) in [4.78, 5) is 0. The van der Waals surface area contributed by atoms with E-state index in [4.69, 9.17) is 21.4 Å². The van der Waals surface area contributed by atoms with Crippen LogP contribution in [-0.2, 0) is 4.74 Å². The van der Waals surface area contributed by atoms with Crippen LogP contribution < -0.4 is 5.32 Å². The van der Waals surface area contributed by atoms with Crippen molar-refractivity contribution in [2.45, 2.75) is 44.6 Å². The quantitative estimate of drug-likeness (QED) is 0.174. The van der Waals surface area contributed by atoms with E-state index >= 15 is 0 Å². The van der Waals surface area contributed by atoms with Gasteiger partial charge in [-0.05, 0) is 39.0 Å². The van der Waals surface area contributed by atoms with E-state index in [1.807, 2.05) is 20.8 Å². The SMILES string of the molecule is CC(C)(C)NC[C@@H](O)c1ccc(F)cc1F.Fc1ccc(C2CO2)c(F)c1.O[C@H](CCl)c1ccc(F)cc1F. The lowest BCUT2D eigenvalue weighted by Crippen LogP contribution is -2.38. The molecule has 1 unspecified atom stereocenters. The Hall–Kier alpha value is -2.63. The van der Waals surface area contributed by atoms with Crippen molar-refractivity contribution < 1.29 is 41.3 Å². The Morgan fingerprint density at radius 1 is 0.795 bits per heavy atom. The summed E-state index contributed by atoms with van der Waals surface area (Å²) < 4.78 is 81.2. The topological polar surface area (TPSA) is 65.0 Å².